The molecule has 0 saturated carbocycles. The van der Waals surface area contributed by atoms with Crippen molar-refractivity contribution in [2.45, 2.75) is 31.1 Å². The highest BCUT2D eigenvalue weighted by Gasteiger charge is 2.26. The van der Waals surface area contributed by atoms with Gasteiger partial charge in [0.2, 0.25) is 11.6 Å². The number of hydrogen-bond acceptors (Lipinski definition) is 9. The van der Waals surface area contributed by atoms with Gasteiger partial charge in [-0.1, -0.05) is 51.6 Å². The van der Waals surface area contributed by atoms with E-state index in [0.717, 1.165) is 11.8 Å². The van der Waals surface area contributed by atoms with E-state index >= 15 is 0 Å². The van der Waals surface area contributed by atoms with Crippen LogP contribution in [0, 0.1) is 0 Å². The Morgan fingerprint density at radius 3 is 2.16 bits per heavy atom. The Hall–Kier alpha value is -4.51. The summed E-state index contributed by atoms with van der Waals surface area (Å²) in [6, 6.07) is 15.1. The zero-order chi connectivity index (χ0) is 27.3. The van der Waals surface area contributed by atoms with Crippen LogP contribution in [-0.4, -0.2) is 35.5 Å². The van der Waals surface area contributed by atoms with Gasteiger partial charge >= 0.3 is 0 Å². The molecule has 2 heterocycles. The number of sulfonamides is 1. The molecule has 10 nitrogen and oxygen atoms in total. The summed E-state index contributed by atoms with van der Waals surface area (Å²) in [5, 5.41) is 0. The predicted octanol–water partition coefficient (Wildman–Crippen LogP) is 5.36. The van der Waals surface area contributed by atoms with Crippen LogP contribution in [0.5, 0.6) is 23.1 Å². The van der Waals surface area contributed by atoms with Gasteiger partial charge in [0, 0.05) is 12.4 Å². The van der Waals surface area contributed by atoms with E-state index in [2.05, 4.69) is 31.2 Å². The maximum atomic E-state index is 13.5. The second-order valence-electron chi connectivity index (χ2n) is 9.02. The molecule has 0 amide bonds. The van der Waals surface area contributed by atoms with Crippen LogP contribution >= 0.6 is 0 Å². The Balaban J connectivity index is 1.85. The van der Waals surface area contributed by atoms with E-state index in [9.17, 15) is 8.42 Å². The third-order valence-corrected chi connectivity index (χ3v) is 6.69. The molecule has 0 aliphatic carbocycles. The van der Waals surface area contributed by atoms with Gasteiger partial charge in [-0.3, -0.25) is 4.72 Å². The van der Waals surface area contributed by atoms with Crippen LogP contribution < -0.4 is 18.9 Å². The van der Waals surface area contributed by atoms with Crippen molar-refractivity contribution < 1.29 is 22.6 Å². The van der Waals surface area contributed by atoms with Gasteiger partial charge in [0.25, 0.3) is 15.9 Å². The molecule has 4 rings (SSSR count). The van der Waals surface area contributed by atoms with Gasteiger partial charge in [-0.2, -0.15) is 4.98 Å². The minimum atomic E-state index is -4.11. The first-order valence-corrected chi connectivity index (χ1v) is 13.0. The van der Waals surface area contributed by atoms with Crippen molar-refractivity contribution in [3.05, 3.63) is 85.4 Å². The van der Waals surface area contributed by atoms with Gasteiger partial charge in [-0.05, 0) is 41.3 Å². The SMILES string of the molecule is C=COc1nc(-c2ncccn2)nc(NS(=O)(=O)c2ccc(C(C)(C)C)cc2)c1Oc1ccccc1OC. The van der Waals surface area contributed by atoms with Crippen molar-refractivity contribution in [3.8, 4) is 34.8 Å². The molecule has 2 aromatic heterocycles. The number of nitrogens with zero attached hydrogens (tertiary/aromatic N) is 4. The Kier molecular flexibility index (Phi) is 7.58. The number of nitrogens with one attached hydrogen (secondary N) is 1. The lowest BCUT2D eigenvalue weighted by molar-refractivity contribution is 0.365. The number of methoxy groups -OCH3 is 1. The average molecular weight is 534 g/mol. The van der Waals surface area contributed by atoms with Gasteiger partial charge in [0.05, 0.1) is 18.3 Å². The summed E-state index contributed by atoms with van der Waals surface area (Å²) < 4.78 is 46.4. The summed E-state index contributed by atoms with van der Waals surface area (Å²) in [4.78, 5) is 17.1. The minimum Gasteiger partial charge on any atom is -0.493 e. The van der Waals surface area contributed by atoms with E-state index in [4.69, 9.17) is 14.2 Å². The molecule has 2 aromatic carbocycles. The monoisotopic (exact) mass is 533 g/mol. The Morgan fingerprint density at radius 2 is 1.55 bits per heavy atom. The molecule has 0 saturated heterocycles. The summed E-state index contributed by atoms with van der Waals surface area (Å²) in [6.07, 6.45) is 4.16. The molecule has 0 unspecified atom stereocenters. The number of aromatic nitrogens is 4. The lowest BCUT2D eigenvalue weighted by Gasteiger charge is -2.19. The van der Waals surface area contributed by atoms with E-state index in [-0.39, 0.29) is 45.2 Å². The van der Waals surface area contributed by atoms with E-state index < -0.39 is 10.0 Å². The van der Waals surface area contributed by atoms with E-state index in [0.29, 0.717) is 5.75 Å². The lowest BCUT2D eigenvalue weighted by atomic mass is 9.87. The second kappa shape index (κ2) is 10.9. The van der Waals surface area contributed by atoms with Crippen LogP contribution in [0.3, 0.4) is 0 Å². The number of ether oxygens (including phenoxy) is 3. The van der Waals surface area contributed by atoms with E-state index in [1.165, 1.54) is 31.6 Å². The van der Waals surface area contributed by atoms with Gasteiger partial charge in [-0.15, -0.1) is 0 Å². The molecule has 0 aliphatic heterocycles. The van der Waals surface area contributed by atoms with Crippen molar-refractivity contribution in [1.29, 1.82) is 0 Å². The zero-order valence-electron chi connectivity index (χ0n) is 21.4. The summed E-state index contributed by atoms with van der Waals surface area (Å²) in [7, 11) is -2.62. The summed E-state index contributed by atoms with van der Waals surface area (Å²) in [5.41, 5.74) is 0.850. The number of anilines is 1. The molecule has 196 valence electrons. The third-order valence-electron chi connectivity index (χ3n) is 5.34. The zero-order valence-corrected chi connectivity index (χ0v) is 22.2. The average Bonchev–Trinajstić information content (AvgIpc) is 2.90. The third kappa shape index (κ3) is 5.89. The summed E-state index contributed by atoms with van der Waals surface area (Å²) >= 11 is 0. The summed E-state index contributed by atoms with van der Waals surface area (Å²) in [6.45, 7) is 9.73. The van der Waals surface area contributed by atoms with Gasteiger partial charge < -0.3 is 14.2 Å². The molecule has 0 spiro atoms. The van der Waals surface area contributed by atoms with Crippen LogP contribution in [0.4, 0.5) is 5.82 Å². The molecule has 11 heteroatoms. The standard InChI is InChI=1S/C27H27N5O5S/c1-6-36-26-22(37-21-11-8-7-10-20(21)35-5)23(30-25(31-26)24-28-16-9-17-29-24)32-38(33,34)19-14-12-18(13-15-19)27(2,3)4/h6-17H,1H2,2-5H3,(H,30,31,32). The Labute approximate surface area is 221 Å². The molecule has 0 atom stereocenters. The first-order chi connectivity index (χ1) is 18.1. The molecule has 4 aromatic rings. The molecule has 38 heavy (non-hydrogen) atoms. The molecule has 0 bridgehead atoms. The number of rotatable bonds is 9. The first kappa shape index (κ1) is 26.6. The van der Waals surface area contributed by atoms with Crippen molar-refractivity contribution >= 4 is 15.8 Å². The molecule has 0 radical (unpaired) electrons. The fraction of sp³-hybridized carbons (Fsp3) is 0.185. The fourth-order valence-electron chi connectivity index (χ4n) is 3.40. The Bertz CT molecular complexity index is 1540. The van der Waals surface area contributed by atoms with E-state index in [1.54, 1.807) is 42.5 Å². The maximum absolute atomic E-state index is 13.5. The van der Waals surface area contributed by atoms with Crippen LogP contribution in [-0.2, 0) is 15.4 Å². The van der Waals surface area contributed by atoms with Gasteiger partial charge in [-0.25, -0.2) is 23.4 Å². The molecular formula is C27H27N5O5S. The second-order valence-corrected chi connectivity index (χ2v) is 10.7. The van der Waals surface area contributed by atoms with Gasteiger partial charge in [0.1, 0.15) is 0 Å². The van der Waals surface area contributed by atoms with E-state index in [1.807, 2.05) is 20.8 Å². The highest BCUT2D eigenvalue weighted by molar-refractivity contribution is 7.92. The molecule has 0 fully saturated rings. The molecular weight excluding hydrogens is 506 g/mol. The quantitative estimate of drug-likeness (QED) is 0.283. The number of benzene rings is 2. The topological polar surface area (TPSA) is 125 Å². The van der Waals surface area contributed by atoms with Crippen molar-refractivity contribution in [2.24, 2.45) is 0 Å². The smallest absolute Gasteiger partial charge is 0.268 e. The van der Waals surface area contributed by atoms with Crippen LogP contribution in [0.2, 0.25) is 0 Å². The van der Waals surface area contributed by atoms with Gasteiger partial charge in [0.15, 0.2) is 23.1 Å². The summed E-state index contributed by atoms with van der Waals surface area (Å²) in [5.74, 6) is 0.444. The number of para-hydroxylation sites is 2. The normalized spacial score (nSPS) is 11.5. The van der Waals surface area contributed by atoms with Crippen LogP contribution in [0.25, 0.3) is 11.6 Å². The molecule has 1 N–H and O–H groups in total. The van der Waals surface area contributed by atoms with Crippen molar-refractivity contribution in [3.63, 3.8) is 0 Å². The molecule has 0 aliphatic rings. The largest absolute Gasteiger partial charge is 0.493 e. The van der Waals surface area contributed by atoms with Crippen molar-refractivity contribution in [2.75, 3.05) is 11.8 Å². The minimum absolute atomic E-state index is 0.00982. The predicted molar refractivity (Wildman–Crippen MR) is 143 cm³/mol. The number of hydrogen-bond donors (Lipinski definition) is 1. The van der Waals surface area contributed by atoms with Crippen LogP contribution in [0.15, 0.2) is 84.7 Å². The highest BCUT2D eigenvalue weighted by atomic mass is 32.2. The fourth-order valence-corrected chi connectivity index (χ4v) is 4.40. The van der Waals surface area contributed by atoms with Crippen molar-refractivity contribution in [1.82, 2.24) is 19.9 Å². The van der Waals surface area contributed by atoms with Crippen LogP contribution in [0.1, 0.15) is 26.3 Å². The maximum Gasteiger partial charge on any atom is 0.268 e. The lowest BCUT2D eigenvalue weighted by Crippen LogP contribution is -2.17. The Morgan fingerprint density at radius 1 is 0.895 bits per heavy atom. The first-order valence-electron chi connectivity index (χ1n) is 11.5. The highest BCUT2D eigenvalue weighted by Crippen LogP contribution is 2.41.